The first-order chi connectivity index (χ1) is 10.8. The third kappa shape index (κ3) is 2.58. The summed E-state index contributed by atoms with van der Waals surface area (Å²) in [5, 5.41) is 0. The number of Topliss-reactive ketones (excluding diaryl/α,β-unsaturated/α-hetero) is 1. The molecule has 0 bridgehead atoms. The van der Waals surface area contributed by atoms with Crippen LogP contribution in [0.5, 0.6) is 0 Å². The normalized spacial score (nSPS) is 19.5. The van der Waals surface area contributed by atoms with E-state index in [-0.39, 0.29) is 5.92 Å². The van der Waals surface area contributed by atoms with Crippen molar-refractivity contribution in [3.63, 3.8) is 0 Å². The molecule has 22 heavy (non-hydrogen) atoms. The summed E-state index contributed by atoms with van der Waals surface area (Å²) in [6, 6.07) is 8.55. The van der Waals surface area contributed by atoms with Crippen LogP contribution in [0.25, 0.3) is 11.6 Å². The third-order valence-corrected chi connectivity index (χ3v) is 5.00. The first-order valence-electron chi connectivity index (χ1n) is 8.86. The highest BCUT2D eigenvalue weighted by Gasteiger charge is 2.39. The van der Waals surface area contributed by atoms with Gasteiger partial charge in [0.15, 0.2) is 5.78 Å². The first kappa shape index (κ1) is 15.3. The van der Waals surface area contributed by atoms with Gasteiger partial charge in [-0.1, -0.05) is 63.8 Å². The van der Waals surface area contributed by atoms with Gasteiger partial charge < -0.3 is 0 Å². The van der Waals surface area contributed by atoms with E-state index in [1.165, 1.54) is 35.1 Å². The van der Waals surface area contributed by atoms with Gasteiger partial charge in [-0.3, -0.25) is 4.79 Å². The van der Waals surface area contributed by atoms with Crippen LogP contribution in [0.4, 0.5) is 0 Å². The number of benzene rings is 1. The summed E-state index contributed by atoms with van der Waals surface area (Å²) in [5.41, 5.74) is 6.30. The Labute approximate surface area is 134 Å². The number of hydrogen-bond donors (Lipinski definition) is 0. The van der Waals surface area contributed by atoms with Crippen LogP contribution in [0.1, 0.15) is 69.9 Å². The van der Waals surface area contributed by atoms with E-state index in [0.29, 0.717) is 5.78 Å². The van der Waals surface area contributed by atoms with Crippen LogP contribution in [0.2, 0.25) is 0 Å². The molecule has 0 saturated carbocycles. The molecule has 0 N–H and O–H groups in total. The zero-order valence-corrected chi connectivity index (χ0v) is 13.8. The molecule has 0 saturated heterocycles. The quantitative estimate of drug-likeness (QED) is 0.580. The van der Waals surface area contributed by atoms with Crippen molar-refractivity contribution in [2.45, 2.75) is 58.8 Å². The maximum absolute atomic E-state index is 12.9. The highest BCUT2D eigenvalue weighted by molar-refractivity contribution is 6.19. The topological polar surface area (TPSA) is 17.1 Å². The molecule has 3 rings (SSSR count). The molecule has 0 spiro atoms. The molecule has 0 fully saturated rings. The molecule has 116 valence electrons. The van der Waals surface area contributed by atoms with E-state index >= 15 is 0 Å². The number of rotatable bonds is 7. The first-order valence-corrected chi connectivity index (χ1v) is 8.86. The highest BCUT2D eigenvalue weighted by Crippen LogP contribution is 2.49. The van der Waals surface area contributed by atoms with Gasteiger partial charge in [-0.2, -0.15) is 0 Å². The second kappa shape index (κ2) is 6.64. The third-order valence-electron chi connectivity index (χ3n) is 5.00. The molecule has 0 aromatic heterocycles. The predicted octanol–water partition coefficient (Wildman–Crippen LogP) is 5.81. The van der Waals surface area contributed by atoms with E-state index in [9.17, 15) is 4.79 Å². The molecule has 0 aliphatic heterocycles. The second-order valence-corrected chi connectivity index (χ2v) is 6.56. The van der Waals surface area contributed by atoms with Crippen LogP contribution in [0, 0.1) is 5.92 Å². The molecule has 0 radical (unpaired) electrons. The summed E-state index contributed by atoms with van der Waals surface area (Å²) in [5.74, 6) is 0.543. The van der Waals surface area contributed by atoms with Crippen molar-refractivity contribution in [3.8, 4) is 0 Å². The van der Waals surface area contributed by atoms with E-state index in [1.807, 2.05) is 0 Å². The van der Waals surface area contributed by atoms with Crippen molar-refractivity contribution in [1.29, 1.82) is 0 Å². The van der Waals surface area contributed by atoms with Crippen LogP contribution >= 0.6 is 0 Å². The fourth-order valence-electron chi connectivity index (χ4n) is 3.82. The van der Waals surface area contributed by atoms with E-state index in [1.54, 1.807) is 0 Å². The number of carbonyl (C=O) groups excluding carboxylic acids is 1. The minimum atomic E-state index is 0.126. The van der Waals surface area contributed by atoms with Crippen molar-refractivity contribution in [2.75, 3.05) is 0 Å². The van der Waals surface area contributed by atoms with E-state index in [2.05, 4.69) is 44.2 Å². The summed E-state index contributed by atoms with van der Waals surface area (Å²) in [7, 11) is 0. The zero-order chi connectivity index (χ0) is 15.5. The average molecular weight is 294 g/mol. The standard InChI is InChI=1S/C21H26O/c1-3-5-7-13-17-19-14-15-10-8-9-12-16(15)20(19)18(21(17)22)11-6-4-2/h8-10,12,14,17H,3-7,11,13H2,1-2H3. The van der Waals surface area contributed by atoms with Crippen molar-refractivity contribution in [2.24, 2.45) is 5.92 Å². The zero-order valence-electron chi connectivity index (χ0n) is 13.8. The molecule has 1 atom stereocenters. The fraction of sp³-hybridized carbons (Fsp3) is 0.476. The molecule has 1 aromatic rings. The minimum Gasteiger partial charge on any atom is -0.294 e. The monoisotopic (exact) mass is 294 g/mol. The molecule has 2 aliphatic rings. The Bertz CT molecular complexity index is 633. The Morgan fingerprint density at radius 3 is 2.55 bits per heavy atom. The number of allylic oxidation sites excluding steroid dienone is 3. The van der Waals surface area contributed by atoms with Crippen LogP contribution in [-0.4, -0.2) is 5.78 Å². The second-order valence-electron chi connectivity index (χ2n) is 6.56. The molecule has 2 aliphatic carbocycles. The molecular formula is C21H26O. The largest absolute Gasteiger partial charge is 0.294 e. The maximum atomic E-state index is 12.9. The lowest BCUT2D eigenvalue weighted by atomic mass is 9.92. The molecule has 1 unspecified atom stereocenters. The van der Waals surface area contributed by atoms with Crippen molar-refractivity contribution in [3.05, 3.63) is 46.5 Å². The van der Waals surface area contributed by atoms with Gasteiger partial charge in [0.1, 0.15) is 0 Å². The highest BCUT2D eigenvalue weighted by atomic mass is 16.1. The summed E-state index contributed by atoms with van der Waals surface area (Å²) < 4.78 is 0. The van der Waals surface area contributed by atoms with Crippen LogP contribution in [0.3, 0.4) is 0 Å². The number of carbonyl (C=O) groups is 1. The van der Waals surface area contributed by atoms with E-state index < -0.39 is 0 Å². The smallest absolute Gasteiger partial charge is 0.166 e. The number of hydrogen-bond acceptors (Lipinski definition) is 1. The van der Waals surface area contributed by atoms with Gasteiger partial charge >= 0.3 is 0 Å². The van der Waals surface area contributed by atoms with Crippen molar-refractivity contribution >= 4 is 17.4 Å². The average Bonchev–Trinajstić information content (AvgIpc) is 3.02. The number of unbranched alkanes of at least 4 members (excludes halogenated alkanes) is 3. The molecule has 0 amide bonds. The van der Waals surface area contributed by atoms with Gasteiger partial charge in [0.05, 0.1) is 0 Å². The van der Waals surface area contributed by atoms with Gasteiger partial charge in [0.25, 0.3) is 0 Å². The Hall–Kier alpha value is -1.63. The molecule has 1 nitrogen and oxygen atoms in total. The van der Waals surface area contributed by atoms with Gasteiger partial charge in [-0.25, -0.2) is 0 Å². The SMILES string of the molecule is CCCCCC1C(=O)C(CCCC)=C2C1=Cc1ccccc12. The van der Waals surface area contributed by atoms with Crippen molar-refractivity contribution < 1.29 is 4.79 Å². The van der Waals surface area contributed by atoms with E-state index in [4.69, 9.17) is 0 Å². The van der Waals surface area contributed by atoms with Gasteiger partial charge in [-0.15, -0.1) is 0 Å². The van der Waals surface area contributed by atoms with E-state index in [0.717, 1.165) is 37.7 Å². The van der Waals surface area contributed by atoms with Crippen molar-refractivity contribution in [1.82, 2.24) is 0 Å². The number of fused-ring (bicyclic) bond motifs is 3. The van der Waals surface area contributed by atoms with Gasteiger partial charge in [-0.05, 0) is 47.6 Å². The van der Waals surface area contributed by atoms with Crippen LogP contribution < -0.4 is 0 Å². The lowest BCUT2D eigenvalue weighted by molar-refractivity contribution is -0.117. The van der Waals surface area contributed by atoms with Gasteiger partial charge in [0.2, 0.25) is 0 Å². The Morgan fingerprint density at radius 2 is 1.77 bits per heavy atom. The Morgan fingerprint density at radius 1 is 1.00 bits per heavy atom. The Balaban J connectivity index is 1.94. The summed E-state index contributed by atoms with van der Waals surface area (Å²) >= 11 is 0. The summed E-state index contributed by atoms with van der Waals surface area (Å²) in [4.78, 5) is 12.9. The lowest BCUT2D eigenvalue weighted by Crippen LogP contribution is -2.12. The van der Waals surface area contributed by atoms with Crippen LogP contribution in [-0.2, 0) is 4.79 Å². The molecule has 0 heterocycles. The fourth-order valence-corrected chi connectivity index (χ4v) is 3.82. The molecular weight excluding hydrogens is 268 g/mol. The summed E-state index contributed by atoms with van der Waals surface area (Å²) in [6.45, 7) is 4.42. The maximum Gasteiger partial charge on any atom is 0.166 e. The Kier molecular flexibility index (Phi) is 4.61. The number of ketones is 1. The molecule has 1 heteroatoms. The lowest BCUT2D eigenvalue weighted by Gasteiger charge is -2.10. The minimum absolute atomic E-state index is 0.126. The van der Waals surface area contributed by atoms with Crippen LogP contribution in [0.15, 0.2) is 35.4 Å². The predicted molar refractivity (Wildman–Crippen MR) is 93.5 cm³/mol. The molecule has 1 aromatic carbocycles. The summed E-state index contributed by atoms with van der Waals surface area (Å²) in [6.07, 6.45) is 10.1. The van der Waals surface area contributed by atoms with Gasteiger partial charge in [0, 0.05) is 11.5 Å².